The number of amides is 2. The maximum Gasteiger partial charge on any atom is 0.272 e. The predicted octanol–water partition coefficient (Wildman–Crippen LogP) is 4.14. The third-order valence-electron chi connectivity index (χ3n) is 4.02. The molecular weight excluding hydrogens is 386 g/mol. The van der Waals surface area contributed by atoms with E-state index in [1.807, 2.05) is 0 Å². The quantitative estimate of drug-likeness (QED) is 0.366. The molecule has 30 heavy (non-hydrogen) atoms. The van der Waals surface area contributed by atoms with Gasteiger partial charge in [-0.3, -0.25) is 19.7 Å². The van der Waals surface area contributed by atoms with Crippen molar-refractivity contribution in [3.05, 3.63) is 69.9 Å². The fourth-order valence-electron chi connectivity index (χ4n) is 2.49. The molecule has 158 valence electrons. The normalized spacial score (nSPS) is 11.1. The van der Waals surface area contributed by atoms with E-state index in [0.717, 1.165) is 6.42 Å². The fourth-order valence-corrected chi connectivity index (χ4v) is 2.49. The Morgan fingerprint density at radius 1 is 1.17 bits per heavy atom. The van der Waals surface area contributed by atoms with E-state index < -0.39 is 16.7 Å². The standard InChI is InChI=1S/C22H25N3O5/c1-15(2)11-12-30-20-9-7-18(8-10-20)24-22(27)21(23-16(3)26)14-17-5-4-6-19(13-17)25(28)29/h4-10,13-15H,11-12H2,1-3H3,(H,23,26)(H,24,27)/b21-14+. The molecule has 0 aromatic heterocycles. The van der Waals surface area contributed by atoms with Gasteiger partial charge >= 0.3 is 0 Å². The number of anilines is 1. The predicted molar refractivity (Wildman–Crippen MR) is 115 cm³/mol. The third kappa shape index (κ3) is 7.38. The van der Waals surface area contributed by atoms with Crippen LogP contribution in [-0.4, -0.2) is 23.3 Å². The number of ether oxygens (including phenoxy) is 1. The highest BCUT2D eigenvalue weighted by Crippen LogP contribution is 2.18. The van der Waals surface area contributed by atoms with E-state index in [0.29, 0.717) is 29.5 Å². The van der Waals surface area contributed by atoms with Crippen LogP contribution >= 0.6 is 0 Å². The number of rotatable bonds is 9. The first-order chi connectivity index (χ1) is 14.2. The molecule has 0 unspecified atom stereocenters. The molecule has 0 aliphatic rings. The summed E-state index contributed by atoms with van der Waals surface area (Å²) in [5, 5.41) is 16.1. The number of carbonyl (C=O) groups is 2. The SMILES string of the molecule is CC(=O)N/C(=C/c1cccc([N+](=O)[O-])c1)C(=O)Nc1ccc(OCCC(C)C)cc1. The molecule has 2 aromatic carbocycles. The minimum atomic E-state index is -0.551. The number of benzene rings is 2. The van der Waals surface area contributed by atoms with Gasteiger partial charge in [-0.1, -0.05) is 26.0 Å². The lowest BCUT2D eigenvalue weighted by molar-refractivity contribution is -0.384. The van der Waals surface area contributed by atoms with Gasteiger partial charge in [-0.2, -0.15) is 0 Å². The number of carbonyl (C=O) groups excluding carboxylic acids is 2. The summed E-state index contributed by atoms with van der Waals surface area (Å²) in [5.41, 5.74) is 0.795. The van der Waals surface area contributed by atoms with E-state index in [1.165, 1.54) is 31.2 Å². The maximum atomic E-state index is 12.6. The molecule has 0 aliphatic carbocycles. The van der Waals surface area contributed by atoms with Crippen LogP contribution in [0.2, 0.25) is 0 Å². The number of hydrogen-bond acceptors (Lipinski definition) is 5. The van der Waals surface area contributed by atoms with Crippen molar-refractivity contribution in [2.24, 2.45) is 5.92 Å². The molecule has 0 spiro atoms. The van der Waals surface area contributed by atoms with Gasteiger partial charge in [0.05, 0.1) is 11.5 Å². The number of nitro groups is 1. The van der Waals surface area contributed by atoms with Crippen LogP contribution < -0.4 is 15.4 Å². The molecule has 8 heteroatoms. The number of non-ortho nitro benzene ring substituents is 1. The Morgan fingerprint density at radius 2 is 1.87 bits per heavy atom. The van der Waals surface area contributed by atoms with Crippen molar-refractivity contribution in [2.75, 3.05) is 11.9 Å². The monoisotopic (exact) mass is 411 g/mol. The Balaban J connectivity index is 2.12. The molecule has 0 atom stereocenters. The van der Waals surface area contributed by atoms with E-state index in [2.05, 4.69) is 24.5 Å². The van der Waals surface area contributed by atoms with Gasteiger partial charge in [-0.05, 0) is 48.2 Å². The molecule has 2 N–H and O–H groups in total. The van der Waals surface area contributed by atoms with Gasteiger partial charge in [0.15, 0.2) is 0 Å². The van der Waals surface area contributed by atoms with Crippen LogP contribution in [0.25, 0.3) is 6.08 Å². The number of hydrogen-bond donors (Lipinski definition) is 2. The molecule has 0 aliphatic heterocycles. The molecule has 8 nitrogen and oxygen atoms in total. The molecule has 2 rings (SSSR count). The lowest BCUT2D eigenvalue weighted by Crippen LogP contribution is -2.28. The second kappa shape index (κ2) is 10.8. The van der Waals surface area contributed by atoms with Crippen molar-refractivity contribution < 1.29 is 19.2 Å². The summed E-state index contributed by atoms with van der Waals surface area (Å²) >= 11 is 0. The largest absolute Gasteiger partial charge is 0.494 e. The first-order valence-electron chi connectivity index (χ1n) is 9.52. The van der Waals surface area contributed by atoms with Gasteiger partial charge in [0.2, 0.25) is 5.91 Å². The highest BCUT2D eigenvalue weighted by molar-refractivity contribution is 6.08. The van der Waals surface area contributed by atoms with Gasteiger partial charge in [0.25, 0.3) is 11.6 Å². The molecule has 0 saturated carbocycles. The second-order valence-electron chi connectivity index (χ2n) is 7.10. The number of nitro benzene ring substituents is 1. The first-order valence-corrected chi connectivity index (χ1v) is 9.52. The van der Waals surface area contributed by atoms with Gasteiger partial charge in [-0.15, -0.1) is 0 Å². The number of nitrogens with one attached hydrogen (secondary N) is 2. The maximum absolute atomic E-state index is 12.6. The summed E-state index contributed by atoms with van der Waals surface area (Å²) in [5.74, 6) is 0.261. The Labute approximate surface area is 175 Å². The summed E-state index contributed by atoms with van der Waals surface area (Å²) < 4.78 is 5.65. The van der Waals surface area contributed by atoms with Crippen molar-refractivity contribution in [1.82, 2.24) is 5.32 Å². The summed E-state index contributed by atoms with van der Waals surface area (Å²) in [7, 11) is 0. The van der Waals surface area contributed by atoms with E-state index in [1.54, 1.807) is 30.3 Å². The average molecular weight is 411 g/mol. The molecule has 0 bridgehead atoms. The van der Waals surface area contributed by atoms with E-state index in [-0.39, 0.29) is 11.4 Å². The van der Waals surface area contributed by atoms with Crippen LogP contribution in [0.1, 0.15) is 32.8 Å². The van der Waals surface area contributed by atoms with Gasteiger partial charge in [-0.25, -0.2) is 0 Å². The van der Waals surface area contributed by atoms with Crippen molar-refractivity contribution in [3.8, 4) is 5.75 Å². The van der Waals surface area contributed by atoms with E-state index in [9.17, 15) is 19.7 Å². The summed E-state index contributed by atoms with van der Waals surface area (Å²) in [6.07, 6.45) is 2.33. The van der Waals surface area contributed by atoms with Gasteiger partial charge in [0.1, 0.15) is 11.4 Å². The van der Waals surface area contributed by atoms with Crippen LogP contribution in [-0.2, 0) is 9.59 Å². The minimum Gasteiger partial charge on any atom is -0.494 e. The summed E-state index contributed by atoms with van der Waals surface area (Å²) in [6.45, 7) is 6.13. The van der Waals surface area contributed by atoms with Crippen LogP contribution in [0.5, 0.6) is 5.75 Å². The van der Waals surface area contributed by atoms with Crippen LogP contribution in [0, 0.1) is 16.0 Å². The zero-order valence-electron chi connectivity index (χ0n) is 17.2. The molecule has 0 saturated heterocycles. The summed E-state index contributed by atoms with van der Waals surface area (Å²) in [6, 6.07) is 12.7. The highest BCUT2D eigenvalue weighted by atomic mass is 16.6. The molecule has 0 radical (unpaired) electrons. The smallest absolute Gasteiger partial charge is 0.272 e. The fraction of sp³-hybridized carbons (Fsp3) is 0.273. The van der Waals surface area contributed by atoms with Crippen molar-refractivity contribution in [2.45, 2.75) is 27.2 Å². The van der Waals surface area contributed by atoms with Crippen molar-refractivity contribution >= 4 is 29.3 Å². The Bertz CT molecular complexity index is 936. The van der Waals surface area contributed by atoms with Gasteiger partial charge in [0, 0.05) is 24.7 Å². The first kappa shape index (κ1) is 22.6. The zero-order valence-corrected chi connectivity index (χ0v) is 17.2. The van der Waals surface area contributed by atoms with Crippen molar-refractivity contribution in [3.63, 3.8) is 0 Å². The average Bonchev–Trinajstić information content (AvgIpc) is 2.68. The Kier molecular flexibility index (Phi) is 8.10. The van der Waals surface area contributed by atoms with Crippen LogP contribution in [0.4, 0.5) is 11.4 Å². The lowest BCUT2D eigenvalue weighted by atomic mass is 10.1. The molecule has 0 fully saturated rings. The van der Waals surface area contributed by atoms with Gasteiger partial charge < -0.3 is 15.4 Å². The van der Waals surface area contributed by atoms with Crippen molar-refractivity contribution in [1.29, 1.82) is 0 Å². The molecule has 0 heterocycles. The second-order valence-corrected chi connectivity index (χ2v) is 7.10. The third-order valence-corrected chi connectivity index (χ3v) is 4.02. The van der Waals surface area contributed by atoms with E-state index >= 15 is 0 Å². The molecule has 2 aromatic rings. The lowest BCUT2D eigenvalue weighted by Gasteiger charge is -2.11. The minimum absolute atomic E-state index is 0.0275. The topological polar surface area (TPSA) is 111 Å². The Morgan fingerprint density at radius 3 is 2.47 bits per heavy atom. The molecular formula is C22H25N3O5. The zero-order chi connectivity index (χ0) is 22.1. The Hall–Kier alpha value is -3.68. The molecule has 2 amide bonds. The van der Waals surface area contributed by atoms with Crippen LogP contribution in [0.15, 0.2) is 54.2 Å². The summed E-state index contributed by atoms with van der Waals surface area (Å²) in [4.78, 5) is 34.6. The number of nitrogens with zero attached hydrogens (tertiary/aromatic N) is 1. The van der Waals surface area contributed by atoms with E-state index in [4.69, 9.17) is 4.74 Å². The van der Waals surface area contributed by atoms with Crippen LogP contribution in [0.3, 0.4) is 0 Å². The highest BCUT2D eigenvalue weighted by Gasteiger charge is 2.13.